The number of carbonyl (C=O) groups excluding carboxylic acids is 4. The monoisotopic (exact) mass is 1410 g/mol. The minimum absolute atomic E-state index is 0.104. The minimum Gasteiger partial charge on any atom is -0.462 e. The van der Waals surface area contributed by atoms with Crippen LogP contribution in [0.1, 0.15) is 401 Å². The van der Waals surface area contributed by atoms with Crippen LogP contribution in [0.2, 0.25) is 0 Å². The lowest BCUT2D eigenvalue weighted by Crippen LogP contribution is -2.30. The third kappa shape index (κ3) is 70.5. The van der Waals surface area contributed by atoms with Crippen molar-refractivity contribution in [3.05, 3.63) is 0 Å². The van der Waals surface area contributed by atoms with Crippen molar-refractivity contribution in [3.63, 3.8) is 0 Å². The summed E-state index contributed by atoms with van der Waals surface area (Å²) in [7, 11) is -9.90. The van der Waals surface area contributed by atoms with Crippen molar-refractivity contribution in [2.45, 2.75) is 419 Å². The van der Waals surface area contributed by atoms with Gasteiger partial charge in [-0.1, -0.05) is 350 Å². The van der Waals surface area contributed by atoms with E-state index in [1.807, 2.05) is 0 Å². The molecule has 0 aromatic heterocycles. The molecule has 19 heteroatoms. The van der Waals surface area contributed by atoms with Crippen LogP contribution in [0, 0.1) is 11.8 Å². The second kappa shape index (κ2) is 68.8. The maximum Gasteiger partial charge on any atom is 0.472 e. The minimum atomic E-state index is -4.96. The number of esters is 4. The molecule has 0 aliphatic heterocycles. The van der Waals surface area contributed by atoms with Gasteiger partial charge in [-0.05, 0) is 37.5 Å². The van der Waals surface area contributed by atoms with Gasteiger partial charge in [-0.3, -0.25) is 37.3 Å². The van der Waals surface area contributed by atoms with Crippen molar-refractivity contribution in [3.8, 4) is 0 Å². The van der Waals surface area contributed by atoms with Crippen LogP contribution in [0.5, 0.6) is 0 Å². The Hall–Kier alpha value is -1.94. The molecule has 0 heterocycles. The van der Waals surface area contributed by atoms with Crippen molar-refractivity contribution in [2.24, 2.45) is 11.8 Å². The Morgan fingerprint density at radius 3 is 0.708 bits per heavy atom. The molecule has 0 spiro atoms. The average molecular weight is 1410 g/mol. The summed E-state index contributed by atoms with van der Waals surface area (Å²) < 4.78 is 68.3. The summed E-state index contributed by atoms with van der Waals surface area (Å²) in [5.41, 5.74) is 0. The summed E-state index contributed by atoms with van der Waals surface area (Å²) in [5, 5.41) is 10.6. The van der Waals surface area contributed by atoms with Gasteiger partial charge < -0.3 is 33.8 Å². The fourth-order valence-electron chi connectivity index (χ4n) is 11.8. The largest absolute Gasteiger partial charge is 0.472 e. The molecule has 0 aliphatic carbocycles. The van der Waals surface area contributed by atoms with Gasteiger partial charge in [0.2, 0.25) is 0 Å². The molecule has 0 amide bonds. The lowest BCUT2D eigenvalue weighted by molar-refractivity contribution is -0.161. The highest BCUT2D eigenvalue weighted by Crippen LogP contribution is 2.45. The van der Waals surface area contributed by atoms with Crippen LogP contribution in [0.25, 0.3) is 0 Å². The van der Waals surface area contributed by atoms with Crippen LogP contribution in [0.3, 0.4) is 0 Å². The summed E-state index contributed by atoms with van der Waals surface area (Å²) >= 11 is 0. The molecule has 0 radical (unpaired) electrons. The van der Waals surface area contributed by atoms with E-state index in [1.165, 1.54) is 212 Å². The number of phosphoric acid groups is 2. The SMILES string of the molecule is CCCCCCCCCCCCCCCCCCCCCCCC(=O)O[C@H](COC(=O)CCCCCCCCCCCCCCCCCCC(C)C)COP(=O)(O)OC[C@@H](O)COP(=O)(O)OC[C@@H](COC(=O)CCCCCCC)OC(=O)CCCCCCCCCCC(C)C. The molecule has 2 unspecified atom stereocenters. The van der Waals surface area contributed by atoms with Crippen molar-refractivity contribution in [2.75, 3.05) is 39.6 Å². The van der Waals surface area contributed by atoms with Gasteiger partial charge in [-0.25, -0.2) is 9.13 Å². The molecule has 17 nitrogen and oxygen atoms in total. The zero-order valence-corrected chi connectivity index (χ0v) is 64.5. The highest BCUT2D eigenvalue weighted by molar-refractivity contribution is 7.47. The van der Waals surface area contributed by atoms with Gasteiger partial charge in [0.25, 0.3) is 0 Å². The molecular formula is C77H150O17P2. The van der Waals surface area contributed by atoms with Crippen molar-refractivity contribution in [1.82, 2.24) is 0 Å². The van der Waals surface area contributed by atoms with E-state index in [-0.39, 0.29) is 25.7 Å². The molecule has 570 valence electrons. The number of unbranched alkanes of at least 4 members (excludes halogenated alkanes) is 46. The predicted molar refractivity (Wildman–Crippen MR) is 391 cm³/mol. The third-order valence-electron chi connectivity index (χ3n) is 18.0. The van der Waals surface area contributed by atoms with Gasteiger partial charge in [0, 0.05) is 25.7 Å². The fourth-order valence-corrected chi connectivity index (χ4v) is 13.4. The quantitative estimate of drug-likeness (QED) is 0.0222. The molecule has 0 saturated heterocycles. The maximum absolute atomic E-state index is 13.1. The topological polar surface area (TPSA) is 237 Å². The van der Waals surface area contributed by atoms with E-state index in [9.17, 15) is 43.2 Å². The highest BCUT2D eigenvalue weighted by atomic mass is 31.2. The predicted octanol–water partition coefficient (Wildman–Crippen LogP) is 22.7. The van der Waals surface area contributed by atoms with Crippen molar-refractivity contribution >= 4 is 39.5 Å². The molecule has 0 bridgehead atoms. The van der Waals surface area contributed by atoms with E-state index < -0.39 is 97.5 Å². The van der Waals surface area contributed by atoms with Crippen molar-refractivity contribution in [1.29, 1.82) is 0 Å². The van der Waals surface area contributed by atoms with Crippen LogP contribution in [0.4, 0.5) is 0 Å². The van der Waals surface area contributed by atoms with Gasteiger partial charge in [0.05, 0.1) is 26.4 Å². The number of rotatable bonds is 76. The number of aliphatic hydroxyl groups is 1. The highest BCUT2D eigenvalue weighted by Gasteiger charge is 2.30. The normalized spacial score (nSPS) is 14.0. The Bertz CT molecular complexity index is 1860. The second-order valence-electron chi connectivity index (χ2n) is 28.7. The summed E-state index contributed by atoms with van der Waals surface area (Å²) in [5.74, 6) is -0.598. The zero-order valence-electron chi connectivity index (χ0n) is 62.7. The van der Waals surface area contributed by atoms with Crippen molar-refractivity contribution < 1.29 is 80.2 Å². The van der Waals surface area contributed by atoms with E-state index in [1.54, 1.807) is 0 Å². The lowest BCUT2D eigenvalue weighted by Gasteiger charge is -2.21. The Morgan fingerprint density at radius 1 is 0.281 bits per heavy atom. The molecule has 0 aromatic carbocycles. The number of phosphoric ester groups is 2. The van der Waals surface area contributed by atoms with E-state index >= 15 is 0 Å². The van der Waals surface area contributed by atoms with E-state index in [4.69, 9.17) is 37.0 Å². The van der Waals surface area contributed by atoms with Gasteiger partial charge >= 0.3 is 39.5 Å². The molecule has 3 N–H and O–H groups in total. The molecule has 0 aromatic rings. The van der Waals surface area contributed by atoms with Crippen LogP contribution >= 0.6 is 15.6 Å². The van der Waals surface area contributed by atoms with Crippen LogP contribution in [-0.2, 0) is 65.4 Å². The number of aliphatic hydroxyl groups excluding tert-OH is 1. The molecule has 0 aliphatic rings. The molecule has 96 heavy (non-hydrogen) atoms. The fraction of sp³-hybridized carbons (Fsp3) is 0.948. The molecule has 5 atom stereocenters. The first-order chi connectivity index (χ1) is 46.4. The molecule has 0 saturated carbocycles. The summed E-state index contributed by atoms with van der Waals surface area (Å²) in [6, 6.07) is 0. The summed E-state index contributed by atoms with van der Waals surface area (Å²) in [4.78, 5) is 72.5. The van der Waals surface area contributed by atoms with Gasteiger partial charge in [-0.2, -0.15) is 0 Å². The first-order valence-corrected chi connectivity index (χ1v) is 43.0. The first-order valence-electron chi connectivity index (χ1n) is 40.0. The van der Waals surface area contributed by atoms with Crippen LogP contribution in [0.15, 0.2) is 0 Å². The Kier molecular flexibility index (Phi) is 67.4. The number of carbonyl (C=O) groups is 4. The number of ether oxygens (including phenoxy) is 4. The molecule has 0 rings (SSSR count). The smallest absolute Gasteiger partial charge is 0.462 e. The first kappa shape index (κ1) is 94.1. The average Bonchev–Trinajstić information content (AvgIpc) is 1.25. The van der Waals surface area contributed by atoms with E-state index in [0.717, 1.165) is 108 Å². The Morgan fingerprint density at radius 2 is 0.479 bits per heavy atom. The van der Waals surface area contributed by atoms with Gasteiger partial charge in [-0.15, -0.1) is 0 Å². The van der Waals surface area contributed by atoms with Gasteiger partial charge in [0.15, 0.2) is 12.2 Å². The summed E-state index contributed by atoms with van der Waals surface area (Å²) in [6.07, 6.45) is 57.6. The van der Waals surface area contributed by atoms with E-state index in [2.05, 4.69) is 41.5 Å². The van der Waals surface area contributed by atoms with Gasteiger partial charge in [0.1, 0.15) is 19.3 Å². The lowest BCUT2D eigenvalue weighted by atomic mass is 10.0. The van der Waals surface area contributed by atoms with E-state index in [0.29, 0.717) is 25.7 Å². The second-order valence-corrected chi connectivity index (χ2v) is 31.6. The zero-order chi connectivity index (χ0) is 70.7. The maximum atomic E-state index is 13.1. The third-order valence-corrected chi connectivity index (χ3v) is 19.9. The standard InChI is InChI=1S/C77H150O17P2/c1-7-9-11-13-14-15-16-17-18-19-20-21-22-23-28-31-34-37-43-49-55-61-76(81)94-73(66-88-75(80)60-54-48-42-36-33-30-27-25-24-26-29-32-35-40-46-51-57-69(3)4)68-92-96(85,86)90-64-71(78)63-89-95(83,84)91-67-72(65-87-74(79)59-53-45-12-10-8-2)93-77(82)62-56-50-44-39-38-41-47-52-58-70(5)6/h69-73,78H,7-68H2,1-6H3,(H,83,84)(H,85,86)/t71-,72+,73+/m0/s1. The number of hydrogen-bond acceptors (Lipinski definition) is 15. The Labute approximate surface area is 588 Å². The number of hydrogen-bond donors (Lipinski definition) is 3. The molecule has 0 fully saturated rings. The molecular weight excluding hydrogens is 1260 g/mol. The summed E-state index contributed by atoms with van der Waals surface area (Å²) in [6.45, 7) is 9.49. The van der Waals surface area contributed by atoms with Crippen LogP contribution in [-0.4, -0.2) is 96.7 Å². The van der Waals surface area contributed by atoms with Crippen LogP contribution < -0.4 is 0 Å². The Balaban J connectivity index is 5.11.